The zero-order chi connectivity index (χ0) is 13.5. The first-order valence-corrected chi connectivity index (χ1v) is 6.52. The van der Waals surface area contributed by atoms with Crippen LogP contribution in [0.5, 0.6) is 0 Å². The molecule has 4 N–H and O–H groups in total. The van der Waals surface area contributed by atoms with Gasteiger partial charge in [0.15, 0.2) is 0 Å². The van der Waals surface area contributed by atoms with Gasteiger partial charge in [-0.2, -0.15) is 0 Å². The van der Waals surface area contributed by atoms with E-state index in [4.69, 9.17) is 5.11 Å². The van der Waals surface area contributed by atoms with Gasteiger partial charge < -0.3 is 20.8 Å². The molecule has 0 spiro atoms. The first-order chi connectivity index (χ1) is 8.54. The lowest BCUT2D eigenvalue weighted by Crippen LogP contribution is -2.51. The van der Waals surface area contributed by atoms with E-state index < -0.39 is 24.1 Å². The molecule has 0 aromatic heterocycles. The summed E-state index contributed by atoms with van der Waals surface area (Å²) in [4.78, 5) is 22.4. The number of aliphatic hydroxyl groups is 1. The van der Waals surface area contributed by atoms with E-state index in [2.05, 4.69) is 10.6 Å². The Morgan fingerprint density at radius 3 is 2.56 bits per heavy atom. The number of urea groups is 1. The summed E-state index contributed by atoms with van der Waals surface area (Å²) in [6.07, 6.45) is 4.20. The van der Waals surface area contributed by atoms with Crippen molar-refractivity contribution in [3.8, 4) is 0 Å². The highest BCUT2D eigenvalue weighted by Gasteiger charge is 2.25. The van der Waals surface area contributed by atoms with E-state index >= 15 is 0 Å². The lowest BCUT2D eigenvalue weighted by atomic mass is 10.1. The number of aliphatic hydroxyl groups excluding tert-OH is 1. The number of carbonyl (C=O) groups excluding carboxylic acids is 1. The molecule has 1 fully saturated rings. The number of amides is 2. The molecule has 0 saturated heterocycles. The van der Waals surface area contributed by atoms with Crippen LogP contribution in [0.4, 0.5) is 4.79 Å². The Kier molecular flexibility index (Phi) is 5.91. The minimum absolute atomic E-state index is 0.279. The van der Waals surface area contributed by atoms with Crippen LogP contribution in [0.2, 0.25) is 0 Å². The van der Waals surface area contributed by atoms with Crippen LogP contribution in [-0.2, 0) is 4.79 Å². The van der Waals surface area contributed by atoms with Crippen LogP contribution < -0.4 is 10.6 Å². The summed E-state index contributed by atoms with van der Waals surface area (Å²) < 4.78 is 0. The summed E-state index contributed by atoms with van der Waals surface area (Å²) in [5.74, 6) is -1.05. The number of hydrogen-bond acceptors (Lipinski definition) is 3. The van der Waals surface area contributed by atoms with Gasteiger partial charge >= 0.3 is 12.0 Å². The van der Waals surface area contributed by atoms with Gasteiger partial charge in [0.1, 0.15) is 6.04 Å². The summed E-state index contributed by atoms with van der Waals surface area (Å²) in [7, 11) is 0. The molecule has 0 aromatic carbocycles. The highest BCUT2D eigenvalue weighted by Crippen LogP contribution is 2.17. The lowest BCUT2D eigenvalue weighted by molar-refractivity contribution is -0.139. The molecule has 0 radical (unpaired) electrons. The summed E-state index contributed by atoms with van der Waals surface area (Å²) in [6, 6.07) is -1.68. The van der Waals surface area contributed by atoms with E-state index in [1.807, 2.05) is 0 Å². The third-order valence-electron chi connectivity index (χ3n) is 3.31. The van der Waals surface area contributed by atoms with Crippen molar-refractivity contribution in [3.63, 3.8) is 0 Å². The highest BCUT2D eigenvalue weighted by molar-refractivity contribution is 5.82. The van der Waals surface area contributed by atoms with E-state index in [0.717, 1.165) is 25.7 Å². The van der Waals surface area contributed by atoms with Crippen LogP contribution in [0.15, 0.2) is 0 Å². The molecule has 6 heteroatoms. The Labute approximate surface area is 107 Å². The third kappa shape index (κ3) is 4.52. The first kappa shape index (κ1) is 14.8. The van der Waals surface area contributed by atoms with Gasteiger partial charge in [0.05, 0.1) is 12.1 Å². The minimum atomic E-state index is -1.05. The quantitative estimate of drug-likeness (QED) is 0.562. The maximum absolute atomic E-state index is 11.6. The lowest BCUT2D eigenvalue weighted by Gasteiger charge is -2.23. The molecule has 2 amide bonds. The number of carboxylic acids is 1. The van der Waals surface area contributed by atoms with Crippen LogP contribution in [-0.4, -0.2) is 40.4 Å². The summed E-state index contributed by atoms with van der Waals surface area (Å²) in [5.41, 5.74) is 0. The van der Waals surface area contributed by atoms with Crippen molar-refractivity contribution < 1.29 is 19.8 Å². The van der Waals surface area contributed by atoms with Gasteiger partial charge in [-0.15, -0.1) is 0 Å². The van der Waals surface area contributed by atoms with Crippen molar-refractivity contribution in [1.82, 2.24) is 10.6 Å². The Morgan fingerprint density at radius 1 is 1.28 bits per heavy atom. The molecule has 1 aliphatic rings. The summed E-state index contributed by atoms with van der Waals surface area (Å²) >= 11 is 0. The van der Waals surface area contributed by atoms with Gasteiger partial charge in [0, 0.05) is 0 Å². The second kappa shape index (κ2) is 7.20. The van der Waals surface area contributed by atoms with Gasteiger partial charge in [0.25, 0.3) is 0 Å². The van der Waals surface area contributed by atoms with E-state index in [9.17, 15) is 14.7 Å². The van der Waals surface area contributed by atoms with E-state index in [1.54, 1.807) is 6.92 Å². The molecule has 0 aromatic rings. The number of carboxylic acid groups (broad SMARTS) is 1. The molecule has 3 atom stereocenters. The Bertz CT molecular complexity index is 296. The molecule has 0 heterocycles. The maximum Gasteiger partial charge on any atom is 0.326 e. The van der Waals surface area contributed by atoms with Gasteiger partial charge in [-0.25, -0.2) is 9.59 Å². The van der Waals surface area contributed by atoms with E-state index in [1.165, 1.54) is 0 Å². The van der Waals surface area contributed by atoms with Crippen molar-refractivity contribution in [3.05, 3.63) is 0 Å². The predicted octanol–water partition coefficient (Wildman–Crippen LogP) is 0.842. The van der Waals surface area contributed by atoms with Crippen molar-refractivity contribution >= 4 is 12.0 Å². The summed E-state index contributed by atoms with van der Waals surface area (Å²) in [6.45, 7) is 1.69. The molecule has 6 nitrogen and oxygen atoms in total. The summed E-state index contributed by atoms with van der Waals surface area (Å²) in [5, 5.41) is 23.7. The fourth-order valence-corrected chi connectivity index (χ4v) is 2.16. The van der Waals surface area contributed by atoms with Crippen LogP contribution >= 0.6 is 0 Å². The van der Waals surface area contributed by atoms with Gasteiger partial charge in [0.2, 0.25) is 0 Å². The normalized spacial score (nSPS) is 25.9. The fraction of sp³-hybridized carbons (Fsp3) is 0.833. The number of carbonyl (C=O) groups is 2. The average molecular weight is 258 g/mol. The minimum Gasteiger partial charge on any atom is -0.480 e. The number of aliphatic carboxylic acids is 1. The molecule has 1 rings (SSSR count). The standard InChI is InChI=1S/C12H22N2O4/c1-2-8(11(16)17)13-12(18)14-9-6-4-3-5-7-10(9)15/h8-10,15H,2-7H2,1H3,(H,16,17)(H2,13,14,18). The second-order valence-electron chi connectivity index (χ2n) is 4.73. The first-order valence-electron chi connectivity index (χ1n) is 6.52. The molecule has 18 heavy (non-hydrogen) atoms. The fourth-order valence-electron chi connectivity index (χ4n) is 2.16. The average Bonchev–Trinajstić information content (AvgIpc) is 2.51. The zero-order valence-electron chi connectivity index (χ0n) is 10.7. The largest absolute Gasteiger partial charge is 0.480 e. The molecule has 3 unspecified atom stereocenters. The van der Waals surface area contributed by atoms with Crippen LogP contribution in [0.3, 0.4) is 0 Å². The maximum atomic E-state index is 11.6. The van der Waals surface area contributed by atoms with Crippen LogP contribution in [0.25, 0.3) is 0 Å². The van der Waals surface area contributed by atoms with Crippen molar-refractivity contribution in [2.24, 2.45) is 0 Å². The highest BCUT2D eigenvalue weighted by atomic mass is 16.4. The molecule has 104 valence electrons. The van der Waals surface area contributed by atoms with Crippen molar-refractivity contribution in [2.45, 2.75) is 63.6 Å². The molecule has 0 bridgehead atoms. The number of hydrogen-bond donors (Lipinski definition) is 4. The topological polar surface area (TPSA) is 98.7 Å². The Morgan fingerprint density at radius 2 is 1.94 bits per heavy atom. The van der Waals surface area contributed by atoms with E-state index in [0.29, 0.717) is 12.8 Å². The van der Waals surface area contributed by atoms with Crippen molar-refractivity contribution in [2.75, 3.05) is 0 Å². The van der Waals surface area contributed by atoms with Crippen LogP contribution in [0.1, 0.15) is 45.4 Å². The SMILES string of the molecule is CCC(NC(=O)NC1CCCCCC1O)C(=O)O. The molecular weight excluding hydrogens is 236 g/mol. The van der Waals surface area contributed by atoms with Crippen LogP contribution in [0, 0.1) is 0 Å². The smallest absolute Gasteiger partial charge is 0.326 e. The van der Waals surface area contributed by atoms with Gasteiger partial charge in [-0.3, -0.25) is 0 Å². The Hall–Kier alpha value is -1.30. The number of nitrogens with one attached hydrogen (secondary N) is 2. The molecule has 1 saturated carbocycles. The zero-order valence-corrected chi connectivity index (χ0v) is 10.7. The number of rotatable bonds is 4. The van der Waals surface area contributed by atoms with Gasteiger partial charge in [-0.05, 0) is 19.3 Å². The Balaban J connectivity index is 2.44. The molecular formula is C12H22N2O4. The van der Waals surface area contributed by atoms with Crippen molar-refractivity contribution in [1.29, 1.82) is 0 Å². The predicted molar refractivity (Wildman–Crippen MR) is 66.3 cm³/mol. The monoisotopic (exact) mass is 258 g/mol. The molecule has 1 aliphatic carbocycles. The van der Waals surface area contributed by atoms with Gasteiger partial charge in [-0.1, -0.05) is 26.2 Å². The molecule has 0 aliphatic heterocycles. The third-order valence-corrected chi connectivity index (χ3v) is 3.31. The van der Waals surface area contributed by atoms with E-state index in [-0.39, 0.29) is 6.04 Å². The second-order valence-corrected chi connectivity index (χ2v) is 4.73.